The van der Waals surface area contributed by atoms with Crippen molar-refractivity contribution in [3.8, 4) is 0 Å². The van der Waals surface area contributed by atoms with Gasteiger partial charge in [-0.05, 0) is 27.7 Å². The van der Waals surface area contributed by atoms with Crippen LogP contribution in [0.5, 0.6) is 0 Å². The van der Waals surface area contributed by atoms with E-state index in [1.54, 1.807) is 0 Å². The van der Waals surface area contributed by atoms with Crippen molar-refractivity contribution in [2.75, 3.05) is 13.2 Å². The predicted molar refractivity (Wildman–Crippen MR) is 45.2 cm³/mol. The second kappa shape index (κ2) is 6.64. The van der Waals surface area contributed by atoms with E-state index in [1.807, 2.05) is 27.7 Å². The third-order valence-electron chi connectivity index (χ3n) is 0.989. The number of hydrogen-bond acceptors (Lipinski definition) is 3. The van der Waals surface area contributed by atoms with Gasteiger partial charge in [0.15, 0.2) is 0 Å². The molecular formula is C7H17BO3. The van der Waals surface area contributed by atoms with Gasteiger partial charge in [-0.25, -0.2) is 0 Å². The van der Waals surface area contributed by atoms with Crippen LogP contribution < -0.4 is 0 Å². The SMILES string of the molecule is CCOB(OCC)OC(C)C. The van der Waals surface area contributed by atoms with Crippen LogP contribution in [0.2, 0.25) is 0 Å². The fourth-order valence-electron chi connectivity index (χ4n) is 0.621. The van der Waals surface area contributed by atoms with E-state index in [0.29, 0.717) is 13.2 Å². The Labute approximate surface area is 69.2 Å². The highest BCUT2D eigenvalue weighted by Gasteiger charge is 2.20. The van der Waals surface area contributed by atoms with Crippen LogP contribution in [0.25, 0.3) is 0 Å². The molecule has 0 aliphatic heterocycles. The van der Waals surface area contributed by atoms with E-state index < -0.39 is 7.32 Å². The van der Waals surface area contributed by atoms with Crippen LogP contribution in [0.1, 0.15) is 27.7 Å². The molecule has 0 amide bonds. The zero-order valence-corrected chi connectivity index (χ0v) is 7.79. The molecule has 0 aliphatic carbocycles. The Morgan fingerprint density at radius 2 is 1.55 bits per heavy atom. The van der Waals surface area contributed by atoms with Gasteiger partial charge in [-0.2, -0.15) is 0 Å². The Morgan fingerprint density at radius 3 is 1.82 bits per heavy atom. The first-order valence-corrected chi connectivity index (χ1v) is 4.09. The summed E-state index contributed by atoms with van der Waals surface area (Å²) >= 11 is 0. The van der Waals surface area contributed by atoms with Crippen molar-refractivity contribution >= 4 is 7.32 Å². The molecule has 0 rings (SSSR count). The lowest BCUT2D eigenvalue weighted by Gasteiger charge is -2.14. The summed E-state index contributed by atoms with van der Waals surface area (Å²) in [6.45, 7) is 8.94. The highest BCUT2D eigenvalue weighted by atomic mass is 16.7. The van der Waals surface area contributed by atoms with Gasteiger partial charge in [0.25, 0.3) is 0 Å². The summed E-state index contributed by atoms with van der Waals surface area (Å²) < 4.78 is 15.6. The summed E-state index contributed by atoms with van der Waals surface area (Å²) in [4.78, 5) is 0. The monoisotopic (exact) mass is 160 g/mol. The van der Waals surface area contributed by atoms with E-state index in [-0.39, 0.29) is 6.10 Å². The minimum absolute atomic E-state index is 0.137. The molecule has 0 unspecified atom stereocenters. The Balaban J connectivity index is 3.50. The third kappa shape index (κ3) is 6.35. The largest absolute Gasteiger partial charge is 0.639 e. The van der Waals surface area contributed by atoms with Gasteiger partial charge < -0.3 is 14.0 Å². The fraction of sp³-hybridized carbons (Fsp3) is 1.00. The Hall–Kier alpha value is -0.0551. The fourth-order valence-corrected chi connectivity index (χ4v) is 0.621. The predicted octanol–water partition coefficient (Wildman–Crippen LogP) is 1.47. The first-order valence-electron chi connectivity index (χ1n) is 4.09. The molecule has 0 aromatic heterocycles. The highest BCUT2D eigenvalue weighted by Crippen LogP contribution is 1.97. The van der Waals surface area contributed by atoms with Crippen molar-refractivity contribution in [2.24, 2.45) is 0 Å². The van der Waals surface area contributed by atoms with Crippen LogP contribution in [0, 0.1) is 0 Å². The molecule has 0 aromatic carbocycles. The Morgan fingerprint density at radius 1 is 1.09 bits per heavy atom. The van der Waals surface area contributed by atoms with Crippen molar-refractivity contribution in [3.05, 3.63) is 0 Å². The van der Waals surface area contributed by atoms with Crippen LogP contribution >= 0.6 is 0 Å². The quantitative estimate of drug-likeness (QED) is 0.550. The second-order valence-corrected chi connectivity index (χ2v) is 2.38. The van der Waals surface area contributed by atoms with E-state index >= 15 is 0 Å². The molecule has 11 heavy (non-hydrogen) atoms. The smallest absolute Gasteiger partial charge is 0.386 e. The lowest BCUT2D eigenvalue weighted by atomic mass is 10.2. The molecule has 0 saturated carbocycles. The van der Waals surface area contributed by atoms with E-state index in [0.717, 1.165) is 0 Å². The maximum Gasteiger partial charge on any atom is 0.639 e. The molecule has 0 bridgehead atoms. The van der Waals surface area contributed by atoms with E-state index in [9.17, 15) is 0 Å². The first kappa shape index (κ1) is 10.9. The number of rotatable bonds is 6. The Kier molecular flexibility index (Phi) is 6.61. The molecule has 0 spiro atoms. The van der Waals surface area contributed by atoms with Crippen molar-refractivity contribution in [1.29, 1.82) is 0 Å². The minimum atomic E-state index is -0.495. The van der Waals surface area contributed by atoms with Crippen molar-refractivity contribution < 1.29 is 14.0 Å². The van der Waals surface area contributed by atoms with Crippen molar-refractivity contribution in [1.82, 2.24) is 0 Å². The summed E-state index contributed by atoms with van der Waals surface area (Å²) in [5.74, 6) is 0. The average molecular weight is 160 g/mol. The molecule has 0 atom stereocenters. The highest BCUT2D eigenvalue weighted by molar-refractivity contribution is 6.36. The van der Waals surface area contributed by atoms with Gasteiger partial charge in [0.2, 0.25) is 0 Å². The molecule has 0 radical (unpaired) electrons. The van der Waals surface area contributed by atoms with Gasteiger partial charge in [0.1, 0.15) is 0 Å². The molecule has 3 nitrogen and oxygen atoms in total. The van der Waals surface area contributed by atoms with Gasteiger partial charge in [-0.1, -0.05) is 0 Å². The van der Waals surface area contributed by atoms with Crippen LogP contribution in [-0.4, -0.2) is 26.6 Å². The first-order chi connectivity index (χ1) is 5.20. The normalized spacial score (nSPS) is 10.6. The summed E-state index contributed by atoms with van der Waals surface area (Å²) in [5.41, 5.74) is 0. The molecule has 0 N–H and O–H groups in total. The lowest BCUT2D eigenvalue weighted by Crippen LogP contribution is -2.30. The lowest BCUT2D eigenvalue weighted by molar-refractivity contribution is 0.0770. The van der Waals surface area contributed by atoms with Crippen molar-refractivity contribution in [3.63, 3.8) is 0 Å². The van der Waals surface area contributed by atoms with Gasteiger partial charge in [0, 0.05) is 19.3 Å². The van der Waals surface area contributed by atoms with E-state index in [1.165, 1.54) is 0 Å². The second-order valence-electron chi connectivity index (χ2n) is 2.38. The molecule has 66 valence electrons. The zero-order chi connectivity index (χ0) is 8.69. The van der Waals surface area contributed by atoms with E-state index in [2.05, 4.69) is 0 Å². The number of hydrogen-bond donors (Lipinski definition) is 0. The summed E-state index contributed by atoms with van der Waals surface area (Å²) in [6, 6.07) is 0. The molecule has 0 heterocycles. The van der Waals surface area contributed by atoms with Crippen LogP contribution in [0.3, 0.4) is 0 Å². The Bertz CT molecular complexity index is 81.8. The van der Waals surface area contributed by atoms with Gasteiger partial charge >= 0.3 is 7.32 Å². The summed E-state index contributed by atoms with van der Waals surface area (Å²) in [5, 5.41) is 0. The van der Waals surface area contributed by atoms with Crippen LogP contribution in [-0.2, 0) is 14.0 Å². The molecule has 0 saturated heterocycles. The van der Waals surface area contributed by atoms with Gasteiger partial charge in [-0.3, -0.25) is 0 Å². The van der Waals surface area contributed by atoms with Crippen LogP contribution in [0.15, 0.2) is 0 Å². The van der Waals surface area contributed by atoms with Gasteiger partial charge in [-0.15, -0.1) is 0 Å². The molecule has 0 fully saturated rings. The molecule has 0 aliphatic rings. The zero-order valence-electron chi connectivity index (χ0n) is 7.79. The van der Waals surface area contributed by atoms with Gasteiger partial charge in [0.05, 0.1) is 0 Å². The third-order valence-corrected chi connectivity index (χ3v) is 0.989. The minimum Gasteiger partial charge on any atom is -0.386 e. The molecule has 4 heteroatoms. The maximum absolute atomic E-state index is 5.29. The van der Waals surface area contributed by atoms with Crippen LogP contribution in [0.4, 0.5) is 0 Å². The molecule has 0 aromatic rings. The van der Waals surface area contributed by atoms with Crippen molar-refractivity contribution in [2.45, 2.75) is 33.8 Å². The average Bonchev–Trinajstić information content (AvgIpc) is 1.87. The topological polar surface area (TPSA) is 27.7 Å². The molecular weight excluding hydrogens is 143 g/mol. The standard InChI is InChI=1S/C7H17BO3/c1-5-9-8(10-6-2)11-7(3)4/h7H,5-6H2,1-4H3. The summed E-state index contributed by atoms with van der Waals surface area (Å²) in [6.07, 6.45) is 0.137. The maximum atomic E-state index is 5.29. The summed E-state index contributed by atoms with van der Waals surface area (Å²) in [7, 11) is -0.495. The van der Waals surface area contributed by atoms with E-state index in [4.69, 9.17) is 14.0 Å².